The van der Waals surface area contributed by atoms with Crippen LogP contribution in [0.3, 0.4) is 0 Å². The maximum absolute atomic E-state index is 9.84. The van der Waals surface area contributed by atoms with Crippen LogP contribution in [0.4, 0.5) is 5.69 Å². The highest BCUT2D eigenvalue weighted by atomic mass is 79.9. The molecule has 4 rings (SSSR count). The summed E-state index contributed by atoms with van der Waals surface area (Å²) in [5, 5.41) is 15.0. The average Bonchev–Trinajstić information content (AvgIpc) is 3.14. The largest absolute Gasteiger partial charge is 0.494 e. The Labute approximate surface area is 202 Å². The van der Waals surface area contributed by atoms with Crippen LogP contribution < -0.4 is 16.0 Å². The number of aliphatic hydroxyl groups is 1. The number of aliphatic hydroxyl groups excluding tert-OH is 1. The Morgan fingerprint density at radius 3 is 2.64 bits per heavy atom. The molecule has 2 aromatic heterocycles. The lowest BCUT2D eigenvalue weighted by molar-refractivity contribution is 0.274. The molecule has 1 aliphatic carbocycles. The van der Waals surface area contributed by atoms with Gasteiger partial charge in [0, 0.05) is 41.9 Å². The molecule has 0 unspecified atom stereocenters. The van der Waals surface area contributed by atoms with E-state index < -0.39 is 0 Å². The fourth-order valence-electron chi connectivity index (χ4n) is 3.99. The van der Waals surface area contributed by atoms with Crippen LogP contribution in [0.15, 0.2) is 60.4 Å². The summed E-state index contributed by atoms with van der Waals surface area (Å²) in [6, 6.07) is 12.4. The molecule has 2 N–H and O–H groups in total. The number of nitrogens with zero attached hydrogens (tertiary/aromatic N) is 3. The first-order chi connectivity index (χ1) is 16.0. The molecule has 0 saturated carbocycles. The van der Waals surface area contributed by atoms with E-state index in [1.165, 1.54) is 5.56 Å². The standard InChI is InChI=1S/C26H29BrN4O2/c1-17(2)19-6-8-20(9-7-19)26-30-24-22(27)13-18(15-29-21-5-4-10-28-16-21)14-23(33-3)25(24)31(26)11-12-32/h4-10,14,16-17,29,32H,11-13,15H2,1-3H3. The van der Waals surface area contributed by atoms with Gasteiger partial charge >= 0.3 is 0 Å². The van der Waals surface area contributed by atoms with Crippen molar-refractivity contribution in [1.29, 1.82) is 0 Å². The highest BCUT2D eigenvalue weighted by Gasteiger charge is 2.19. The molecule has 7 heteroatoms. The molecule has 0 fully saturated rings. The van der Waals surface area contributed by atoms with E-state index in [9.17, 15) is 5.11 Å². The van der Waals surface area contributed by atoms with Crippen LogP contribution in [0, 0.1) is 0 Å². The van der Waals surface area contributed by atoms with Gasteiger partial charge in [0.1, 0.15) is 22.3 Å². The van der Waals surface area contributed by atoms with E-state index in [-0.39, 0.29) is 6.61 Å². The van der Waals surface area contributed by atoms with Gasteiger partial charge in [0.15, 0.2) is 0 Å². The number of pyridine rings is 1. The molecule has 0 bridgehead atoms. The second-order valence-corrected chi connectivity index (χ2v) is 9.29. The summed E-state index contributed by atoms with van der Waals surface area (Å²) >= 11 is 3.79. The van der Waals surface area contributed by atoms with E-state index in [1.54, 1.807) is 19.5 Å². The van der Waals surface area contributed by atoms with Crippen LogP contribution in [-0.2, 0) is 11.3 Å². The van der Waals surface area contributed by atoms with Crippen molar-refractivity contribution in [2.24, 2.45) is 0 Å². The summed E-state index contributed by atoms with van der Waals surface area (Å²) in [4.78, 5) is 9.17. The zero-order valence-electron chi connectivity index (χ0n) is 19.2. The quantitative estimate of drug-likeness (QED) is 0.484. The monoisotopic (exact) mass is 508 g/mol. The molecule has 2 heterocycles. The van der Waals surface area contributed by atoms with Crippen LogP contribution in [0.1, 0.15) is 31.7 Å². The number of hydrogen-bond donors (Lipinski definition) is 2. The summed E-state index contributed by atoms with van der Waals surface area (Å²) in [6.07, 6.45) is 6.33. The minimum Gasteiger partial charge on any atom is -0.494 e. The number of ether oxygens (including phenoxy) is 1. The summed E-state index contributed by atoms with van der Waals surface area (Å²) < 4.78 is 8.87. The number of halogens is 1. The van der Waals surface area contributed by atoms with Crippen LogP contribution in [0.5, 0.6) is 0 Å². The van der Waals surface area contributed by atoms with Gasteiger partial charge in [0.05, 0.1) is 19.4 Å². The third kappa shape index (κ3) is 5.04. The third-order valence-corrected chi connectivity index (χ3v) is 6.39. The second-order valence-electron chi connectivity index (χ2n) is 8.33. The van der Waals surface area contributed by atoms with Crippen molar-refractivity contribution in [2.75, 3.05) is 25.6 Å². The SMILES string of the molecule is COC1=c2c(nc(-c3ccc(C(C)C)cc3)n2CCO)=C(Br)CC(CNc2cccnc2)=C1. The maximum Gasteiger partial charge on any atom is 0.144 e. The number of methoxy groups -OCH3 is 1. The lowest BCUT2D eigenvalue weighted by Crippen LogP contribution is -2.34. The first-order valence-corrected chi connectivity index (χ1v) is 11.9. The highest BCUT2D eigenvalue weighted by molar-refractivity contribution is 9.14. The number of aromatic nitrogens is 3. The van der Waals surface area contributed by atoms with Crippen molar-refractivity contribution in [2.45, 2.75) is 32.7 Å². The van der Waals surface area contributed by atoms with Gasteiger partial charge < -0.3 is 19.7 Å². The number of benzene rings is 1. The van der Waals surface area contributed by atoms with Gasteiger partial charge in [-0.05, 0) is 35.3 Å². The number of rotatable bonds is 8. The summed E-state index contributed by atoms with van der Waals surface area (Å²) in [5.74, 6) is 2.02. The Balaban J connectivity index is 1.80. The molecule has 0 atom stereocenters. The zero-order valence-corrected chi connectivity index (χ0v) is 20.8. The molecule has 3 aromatic rings. The zero-order chi connectivity index (χ0) is 23.4. The Bertz CT molecular complexity index is 1260. The first kappa shape index (κ1) is 23.3. The van der Waals surface area contributed by atoms with E-state index in [2.05, 4.69) is 70.4 Å². The molecule has 0 saturated heterocycles. The predicted octanol–water partition coefficient (Wildman–Crippen LogP) is 3.76. The minimum atomic E-state index is 0.00756. The van der Waals surface area contributed by atoms with Gasteiger partial charge in [-0.25, -0.2) is 4.98 Å². The maximum atomic E-state index is 9.84. The van der Waals surface area contributed by atoms with Crippen LogP contribution in [0.2, 0.25) is 0 Å². The fraction of sp³-hybridized carbons (Fsp3) is 0.308. The van der Waals surface area contributed by atoms with Gasteiger partial charge in [-0.1, -0.05) is 54.0 Å². The third-order valence-electron chi connectivity index (χ3n) is 5.74. The molecule has 0 aliphatic heterocycles. The normalized spacial score (nSPS) is 13.6. The molecular formula is C26H29BrN4O2. The molecule has 0 amide bonds. The smallest absolute Gasteiger partial charge is 0.144 e. The molecule has 1 aromatic carbocycles. The number of anilines is 1. The number of fused-ring (bicyclic) bond motifs is 1. The lowest BCUT2D eigenvalue weighted by atomic mass is 10.0. The van der Waals surface area contributed by atoms with Gasteiger partial charge in [-0.3, -0.25) is 4.98 Å². The van der Waals surface area contributed by atoms with Gasteiger partial charge in [0.2, 0.25) is 0 Å². The van der Waals surface area contributed by atoms with E-state index in [0.29, 0.717) is 25.4 Å². The Morgan fingerprint density at radius 2 is 2.00 bits per heavy atom. The Kier molecular flexibility index (Phi) is 7.30. The van der Waals surface area contributed by atoms with Crippen molar-refractivity contribution in [1.82, 2.24) is 14.5 Å². The second kappa shape index (κ2) is 10.4. The molecule has 172 valence electrons. The number of hydrogen-bond acceptors (Lipinski definition) is 5. The summed E-state index contributed by atoms with van der Waals surface area (Å²) in [7, 11) is 1.67. The van der Waals surface area contributed by atoms with Crippen molar-refractivity contribution in [3.63, 3.8) is 0 Å². The van der Waals surface area contributed by atoms with Gasteiger partial charge in [0.25, 0.3) is 0 Å². The molecule has 0 radical (unpaired) electrons. The van der Waals surface area contributed by atoms with Crippen LogP contribution in [0.25, 0.3) is 21.6 Å². The van der Waals surface area contributed by atoms with E-state index in [4.69, 9.17) is 9.72 Å². The van der Waals surface area contributed by atoms with Crippen molar-refractivity contribution in [3.05, 3.63) is 76.7 Å². The van der Waals surface area contributed by atoms with Crippen molar-refractivity contribution in [3.8, 4) is 11.4 Å². The first-order valence-electron chi connectivity index (χ1n) is 11.1. The number of imidazole rings is 1. The van der Waals surface area contributed by atoms with Gasteiger partial charge in [-0.2, -0.15) is 0 Å². The van der Waals surface area contributed by atoms with E-state index in [0.717, 1.165) is 43.6 Å². The van der Waals surface area contributed by atoms with E-state index in [1.807, 2.05) is 16.7 Å². The Morgan fingerprint density at radius 1 is 1.21 bits per heavy atom. The fourth-order valence-corrected chi connectivity index (χ4v) is 4.62. The summed E-state index contributed by atoms with van der Waals surface area (Å²) in [5.41, 5.74) is 4.41. The average molecular weight is 509 g/mol. The van der Waals surface area contributed by atoms with Crippen molar-refractivity contribution >= 4 is 31.9 Å². The van der Waals surface area contributed by atoms with Crippen LogP contribution >= 0.6 is 15.9 Å². The van der Waals surface area contributed by atoms with Crippen LogP contribution in [-0.4, -0.2) is 39.9 Å². The molecule has 33 heavy (non-hydrogen) atoms. The molecular weight excluding hydrogens is 480 g/mol. The highest BCUT2D eigenvalue weighted by Crippen LogP contribution is 2.24. The molecule has 1 aliphatic rings. The molecule has 0 spiro atoms. The lowest BCUT2D eigenvalue weighted by Gasteiger charge is -2.12. The Hall–Kier alpha value is -2.90. The van der Waals surface area contributed by atoms with E-state index >= 15 is 0 Å². The number of nitrogens with one attached hydrogen (secondary N) is 1. The predicted molar refractivity (Wildman–Crippen MR) is 136 cm³/mol. The molecule has 6 nitrogen and oxygen atoms in total. The minimum absolute atomic E-state index is 0.00756. The topological polar surface area (TPSA) is 72.2 Å². The van der Waals surface area contributed by atoms with Gasteiger partial charge in [-0.15, -0.1) is 0 Å². The van der Waals surface area contributed by atoms with Crippen molar-refractivity contribution < 1.29 is 9.84 Å². The summed E-state index contributed by atoms with van der Waals surface area (Å²) in [6.45, 7) is 5.45.